The van der Waals surface area contributed by atoms with Gasteiger partial charge in [0.15, 0.2) is 0 Å². The summed E-state index contributed by atoms with van der Waals surface area (Å²) >= 11 is 0. The molecule has 1 aliphatic carbocycles. The average Bonchev–Trinajstić information content (AvgIpc) is 2.84. The third-order valence-electron chi connectivity index (χ3n) is 3.05. The Bertz CT molecular complexity index is 304. The van der Waals surface area contributed by atoms with E-state index in [0.29, 0.717) is 11.8 Å². The Hall–Kier alpha value is -0.820. The molecule has 0 unspecified atom stereocenters. The van der Waals surface area contributed by atoms with Crippen LogP contribution in [0.4, 0.5) is 0 Å². The van der Waals surface area contributed by atoms with E-state index in [4.69, 9.17) is 0 Å². The molecular weight excluding hydrogens is 160 g/mol. The number of aliphatic hydroxyl groups is 1. The van der Waals surface area contributed by atoms with Crippen LogP contribution in [-0.2, 0) is 0 Å². The highest BCUT2D eigenvalue weighted by Crippen LogP contribution is 2.50. The van der Waals surface area contributed by atoms with Crippen molar-refractivity contribution in [2.75, 3.05) is 0 Å². The third kappa shape index (κ3) is 1.61. The summed E-state index contributed by atoms with van der Waals surface area (Å²) in [7, 11) is 0. The van der Waals surface area contributed by atoms with Crippen molar-refractivity contribution in [1.29, 1.82) is 0 Å². The first kappa shape index (κ1) is 8.76. The third-order valence-corrected chi connectivity index (χ3v) is 3.05. The van der Waals surface area contributed by atoms with Gasteiger partial charge in [0.2, 0.25) is 0 Å². The van der Waals surface area contributed by atoms with Gasteiger partial charge in [-0.3, -0.25) is 0 Å². The summed E-state index contributed by atoms with van der Waals surface area (Å²) in [4.78, 5) is 0. The van der Waals surface area contributed by atoms with Crippen LogP contribution in [0.25, 0.3) is 0 Å². The van der Waals surface area contributed by atoms with E-state index in [2.05, 4.69) is 31.2 Å². The Morgan fingerprint density at radius 2 is 2.08 bits per heavy atom. The molecule has 1 fully saturated rings. The minimum Gasteiger partial charge on any atom is -0.393 e. The van der Waals surface area contributed by atoms with Crippen LogP contribution in [0.5, 0.6) is 0 Å². The first-order valence-corrected chi connectivity index (χ1v) is 4.93. The Morgan fingerprint density at radius 1 is 1.38 bits per heavy atom. The number of hydrogen-bond donors (Lipinski definition) is 1. The van der Waals surface area contributed by atoms with E-state index in [0.717, 1.165) is 6.42 Å². The van der Waals surface area contributed by atoms with E-state index in [1.54, 1.807) is 0 Å². The minimum atomic E-state index is -0.149. The maximum absolute atomic E-state index is 9.41. The van der Waals surface area contributed by atoms with Crippen LogP contribution in [0.2, 0.25) is 0 Å². The molecular formula is C12H16O. The van der Waals surface area contributed by atoms with E-state index in [9.17, 15) is 5.11 Å². The lowest BCUT2D eigenvalue weighted by Crippen LogP contribution is -2.03. The molecule has 1 aromatic rings. The number of hydrogen-bond acceptors (Lipinski definition) is 1. The predicted octanol–water partition coefficient (Wildman–Crippen LogP) is 2.48. The summed E-state index contributed by atoms with van der Waals surface area (Å²) in [6, 6.07) is 8.48. The standard InChI is InChI=1S/C12H16O/c1-8-5-3-4-6-10(8)12-7-11(12)9(2)13/h3-6,9,11-13H,7H2,1-2H3/t9-,11+,12-/m1/s1. The maximum atomic E-state index is 9.41. The van der Waals surface area contributed by atoms with E-state index < -0.39 is 0 Å². The highest BCUT2D eigenvalue weighted by molar-refractivity contribution is 5.33. The molecule has 13 heavy (non-hydrogen) atoms. The SMILES string of the molecule is Cc1ccccc1[C@H]1C[C@H]1[C@@H](C)O. The van der Waals surface area contributed by atoms with E-state index in [-0.39, 0.29) is 6.10 Å². The van der Waals surface area contributed by atoms with Crippen molar-refractivity contribution < 1.29 is 5.11 Å². The number of benzene rings is 1. The van der Waals surface area contributed by atoms with Crippen LogP contribution in [0, 0.1) is 12.8 Å². The second-order valence-corrected chi connectivity index (χ2v) is 4.10. The van der Waals surface area contributed by atoms with Crippen LogP contribution in [0.1, 0.15) is 30.4 Å². The van der Waals surface area contributed by atoms with Crippen molar-refractivity contribution in [2.45, 2.75) is 32.3 Å². The van der Waals surface area contributed by atoms with Gasteiger partial charge < -0.3 is 5.11 Å². The van der Waals surface area contributed by atoms with Crippen LogP contribution < -0.4 is 0 Å². The molecule has 1 N–H and O–H groups in total. The molecule has 1 nitrogen and oxygen atoms in total. The van der Waals surface area contributed by atoms with Gasteiger partial charge in [-0.15, -0.1) is 0 Å². The number of rotatable bonds is 2. The molecule has 1 aliphatic rings. The van der Waals surface area contributed by atoms with Crippen LogP contribution in [-0.4, -0.2) is 11.2 Å². The average molecular weight is 176 g/mol. The molecule has 70 valence electrons. The largest absolute Gasteiger partial charge is 0.393 e. The van der Waals surface area contributed by atoms with Crippen LogP contribution >= 0.6 is 0 Å². The molecule has 0 aliphatic heterocycles. The van der Waals surface area contributed by atoms with Gasteiger partial charge in [-0.1, -0.05) is 24.3 Å². The van der Waals surface area contributed by atoms with E-state index in [1.165, 1.54) is 11.1 Å². The molecule has 1 heteroatoms. The smallest absolute Gasteiger partial charge is 0.0546 e. The maximum Gasteiger partial charge on any atom is 0.0546 e. The summed E-state index contributed by atoms with van der Waals surface area (Å²) in [5.41, 5.74) is 2.78. The van der Waals surface area contributed by atoms with Crippen molar-refractivity contribution in [3.05, 3.63) is 35.4 Å². The molecule has 0 spiro atoms. The lowest BCUT2D eigenvalue weighted by Gasteiger charge is -2.05. The number of aliphatic hydroxyl groups excluding tert-OH is 1. The fourth-order valence-corrected chi connectivity index (χ4v) is 2.11. The summed E-state index contributed by atoms with van der Waals surface area (Å²) in [5.74, 6) is 1.11. The second-order valence-electron chi connectivity index (χ2n) is 4.10. The van der Waals surface area contributed by atoms with Gasteiger partial charge in [0, 0.05) is 0 Å². The Morgan fingerprint density at radius 3 is 2.62 bits per heavy atom. The van der Waals surface area contributed by atoms with Crippen LogP contribution in [0.15, 0.2) is 24.3 Å². The van der Waals surface area contributed by atoms with Gasteiger partial charge in [-0.05, 0) is 43.2 Å². The molecule has 2 rings (SSSR count). The summed E-state index contributed by atoms with van der Waals surface area (Å²) in [5, 5.41) is 9.41. The lowest BCUT2D eigenvalue weighted by atomic mass is 10.0. The van der Waals surface area contributed by atoms with Gasteiger partial charge in [-0.25, -0.2) is 0 Å². The topological polar surface area (TPSA) is 20.2 Å². The molecule has 0 heterocycles. The van der Waals surface area contributed by atoms with E-state index >= 15 is 0 Å². The lowest BCUT2D eigenvalue weighted by molar-refractivity contribution is 0.169. The highest BCUT2D eigenvalue weighted by atomic mass is 16.3. The molecule has 0 radical (unpaired) electrons. The summed E-state index contributed by atoms with van der Waals surface area (Å²) in [6.45, 7) is 4.04. The van der Waals surface area contributed by atoms with Crippen molar-refractivity contribution in [1.82, 2.24) is 0 Å². The quantitative estimate of drug-likeness (QED) is 0.734. The Balaban J connectivity index is 2.16. The molecule has 0 aromatic heterocycles. The van der Waals surface area contributed by atoms with E-state index in [1.807, 2.05) is 6.92 Å². The zero-order valence-corrected chi connectivity index (χ0v) is 8.20. The fraction of sp³-hybridized carbons (Fsp3) is 0.500. The predicted molar refractivity (Wildman–Crippen MR) is 53.7 cm³/mol. The van der Waals surface area contributed by atoms with Gasteiger partial charge in [0.25, 0.3) is 0 Å². The molecule has 0 amide bonds. The fourth-order valence-electron chi connectivity index (χ4n) is 2.11. The van der Waals surface area contributed by atoms with Crippen LogP contribution in [0.3, 0.4) is 0 Å². The highest BCUT2D eigenvalue weighted by Gasteiger charge is 2.41. The summed E-state index contributed by atoms with van der Waals surface area (Å²) in [6.07, 6.45) is 1.01. The molecule has 0 saturated heterocycles. The van der Waals surface area contributed by atoms with Gasteiger partial charge in [0.1, 0.15) is 0 Å². The van der Waals surface area contributed by atoms with Crippen molar-refractivity contribution in [3.63, 3.8) is 0 Å². The molecule has 0 bridgehead atoms. The monoisotopic (exact) mass is 176 g/mol. The Kier molecular flexibility index (Phi) is 2.12. The molecule has 1 saturated carbocycles. The minimum absolute atomic E-state index is 0.149. The van der Waals surface area contributed by atoms with Gasteiger partial charge in [-0.2, -0.15) is 0 Å². The molecule has 1 aromatic carbocycles. The van der Waals surface area contributed by atoms with Crippen molar-refractivity contribution in [2.24, 2.45) is 5.92 Å². The molecule has 3 atom stereocenters. The van der Waals surface area contributed by atoms with Crippen molar-refractivity contribution in [3.8, 4) is 0 Å². The first-order chi connectivity index (χ1) is 6.20. The normalized spacial score (nSPS) is 28.5. The zero-order chi connectivity index (χ0) is 9.42. The van der Waals surface area contributed by atoms with Gasteiger partial charge in [0.05, 0.1) is 6.10 Å². The first-order valence-electron chi connectivity index (χ1n) is 4.93. The second kappa shape index (κ2) is 3.15. The van der Waals surface area contributed by atoms with Crippen molar-refractivity contribution >= 4 is 0 Å². The zero-order valence-electron chi connectivity index (χ0n) is 8.20. The number of aryl methyl sites for hydroxylation is 1. The Labute approximate surface area is 79.4 Å². The summed E-state index contributed by atoms with van der Waals surface area (Å²) < 4.78 is 0. The van der Waals surface area contributed by atoms with Gasteiger partial charge >= 0.3 is 0 Å².